The molecule has 3 nitrogen and oxygen atoms in total. The Morgan fingerprint density at radius 3 is 2.54 bits per heavy atom. The van der Waals surface area contributed by atoms with Crippen molar-refractivity contribution in [3.05, 3.63) is 63.1 Å². The molecule has 1 amide bonds. The first kappa shape index (κ1) is 18.6. The summed E-state index contributed by atoms with van der Waals surface area (Å²) in [4.78, 5) is 12.2. The van der Waals surface area contributed by atoms with Gasteiger partial charge in [-0.2, -0.15) is 0 Å². The van der Waals surface area contributed by atoms with Gasteiger partial charge in [0.2, 0.25) is 0 Å². The van der Waals surface area contributed by atoms with Crippen molar-refractivity contribution in [1.29, 1.82) is 0 Å². The second-order valence-electron chi connectivity index (χ2n) is 5.75. The van der Waals surface area contributed by atoms with Gasteiger partial charge in [-0.3, -0.25) is 4.79 Å². The minimum absolute atomic E-state index is 0.0395. The second kappa shape index (κ2) is 8.41. The van der Waals surface area contributed by atoms with Gasteiger partial charge in [-0.05, 0) is 49.6 Å². The first-order chi connectivity index (χ1) is 11.4. The Morgan fingerprint density at radius 2 is 1.92 bits per heavy atom. The molecule has 0 aromatic heterocycles. The molecular weight excluding hydrogens is 345 g/mol. The topological polar surface area (TPSA) is 38.3 Å². The molecule has 2 aromatic rings. The molecule has 0 unspecified atom stereocenters. The van der Waals surface area contributed by atoms with Gasteiger partial charge in [0.15, 0.2) is 6.61 Å². The van der Waals surface area contributed by atoms with Crippen molar-refractivity contribution in [1.82, 2.24) is 5.32 Å². The van der Waals surface area contributed by atoms with Crippen LogP contribution in [0.1, 0.15) is 36.1 Å². The maximum atomic E-state index is 12.2. The molecule has 0 spiro atoms. The molecule has 0 aliphatic rings. The van der Waals surface area contributed by atoms with Crippen molar-refractivity contribution >= 4 is 29.1 Å². The number of halogens is 2. The smallest absolute Gasteiger partial charge is 0.258 e. The van der Waals surface area contributed by atoms with Crippen LogP contribution < -0.4 is 10.1 Å². The summed E-state index contributed by atoms with van der Waals surface area (Å²) in [6.07, 6.45) is 0.803. The lowest BCUT2D eigenvalue weighted by atomic mass is 9.97. The monoisotopic (exact) mass is 365 g/mol. The minimum Gasteiger partial charge on any atom is -0.482 e. The SMILES string of the molecule is CC[C@@H](NC(=O)COc1ccc(Cl)cc1Cl)c1ccc(C)cc1C. The number of aryl methyl sites for hydroxylation is 2. The number of nitrogens with one attached hydrogen (secondary N) is 1. The fourth-order valence-corrected chi connectivity index (χ4v) is 3.05. The fourth-order valence-electron chi connectivity index (χ4n) is 2.59. The molecule has 0 saturated heterocycles. The van der Waals surface area contributed by atoms with Crippen molar-refractivity contribution in [2.75, 3.05) is 6.61 Å². The van der Waals surface area contributed by atoms with Crippen LogP contribution in [0.5, 0.6) is 5.75 Å². The predicted octanol–water partition coefficient (Wildman–Crippen LogP) is 5.26. The van der Waals surface area contributed by atoms with E-state index >= 15 is 0 Å². The third kappa shape index (κ3) is 4.89. The van der Waals surface area contributed by atoms with Crippen LogP contribution >= 0.6 is 23.2 Å². The van der Waals surface area contributed by atoms with Crippen LogP contribution in [0.2, 0.25) is 10.0 Å². The Kier molecular flexibility index (Phi) is 6.52. The lowest BCUT2D eigenvalue weighted by Crippen LogP contribution is -2.32. The predicted molar refractivity (Wildman–Crippen MR) is 99.0 cm³/mol. The highest BCUT2D eigenvalue weighted by molar-refractivity contribution is 6.35. The Hall–Kier alpha value is -1.71. The van der Waals surface area contributed by atoms with E-state index in [0.29, 0.717) is 15.8 Å². The highest BCUT2D eigenvalue weighted by atomic mass is 35.5. The molecule has 2 rings (SSSR count). The van der Waals surface area contributed by atoms with Gasteiger partial charge in [0, 0.05) is 5.02 Å². The highest BCUT2D eigenvalue weighted by Gasteiger charge is 2.15. The Bertz CT molecular complexity index is 731. The van der Waals surface area contributed by atoms with Crippen LogP contribution in [-0.2, 0) is 4.79 Å². The summed E-state index contributed by atoms with van der Waals surface area (Å²) in [5.74, 6) is 0.253. The standard InChI is InChI=1S/C19H21Cl2NO2/c1-4-17(15-7-5-12(2)9-13(15)3)22-19(23)11-24-18-8-6-14(20)10-16(18)21/h5-10,17H,4,11H2,1-3H3,(H,22,23)/t17-/m1/s1. The molecule has 0 fully saturated rings. The van der Waals surface area contributed by atoms with E-state index in [1.54, 1.807) is 18.2 Å². The van der Waals surface area contributed by atoms with Gasteiger partial charge in [0.1, 0.15) is 5.75 Å². The molecule has 24 heavy (non-hydrogen) atoms. The zero-order chi connectivity index (χ0) is 17.7. The number of ether oxygens (including phenoxy) is 1. The van der Waals surface area contributed by atoms with Gasteiger partial charge in [0.25, 0.3) is 5.91 Å². The number of carbonyl (C=O) groups is 1. The molecule has 0 aliphatic carbocycles. The van der Waals surface area contributed by atoms with Crippen LogP contribution in [0.25, 0.3) is 0 Å². The van der Waals surface area contributed by atoms with Crippen molar-refractivity contribution in [3.63, 3.8) is 0 Å². The third-order valence-electron chi connectivity index (χ3n) is 3.80. The number of carbonyl (C=O) groups excluding carboxylic acids is 1. The molecule has 0 radical (unpaired) electrons. The van der Waals surface area contributed by atoms with E-state index in [4.69, 9.17) is 27.9 Å². The van der Waals surface area contributed by atoms with Crippen LogP contribution in [0, 0.1) is 13.8 Å². The molecule has 0 heterocycles. The normalized spacial score (nSPS) is 11.9. The van der Waals surface area contributed by atoms with E-state index in [-0.39, 0.29) is 18.6 Å². The van der Waals surface area contributed by atoms with Gasteiger partial charge in [-0.25, -0.2) is 0 Å². The summed E-state index contributed by atoms with van der Waals surface area (Å²) in [5, 5.41) is 3.92. The van der Waals surface area contributed by atoms with Crippen LogP contribution in [0.4, 0.5) is 0 Å². The summed E-state index contributed by atoms with van der Waals surface area (Å²) in [5.41, 5.74) is 3.50. The lowest BCUT2D eigenvalue weighted by Gasteiger charge is -2.20. The molecule has 0 aliphatic heterocycles. The lowest BCUT2D eigenvalue weighted by molar-refractivity contribution is -0.123. The highest BCUT2D eigenvalue weighted by Crippen LogP contribution is 2.27. The zero-order valence-corrected chi connectivity index (χ0v) is 15.5. The van der Waals surface area contributed by atoms with Crippen molar-refractivity contribution in [2.24, 2.45) is 0 Å². The summed E-state index contributed by atoms with van der Waals surface area (Å²) < 4.78 is 5.48. The van der Waals surface area contributed by atoms with E-state index < -0.39 is 0 Å². The molecule has 0 saturated carbocycles. The van der Waals surface area contributed by atoms with E-state index in [1.807, 2.05) is 6.92 Å². The molecule has 1 atom stereocenters. The van der Waals surface area contributed by atoms with Crippen LogP contribution in [0.15, 0.2) is 36.4 Å². The minimum atomic E-state index is -0.187. The Labute approximate surface area is 152 Å². The maximum Gasteiger partial charge on any atom is 0.258 e. The van der Waals surface area contributed by atoms with E-state index in [9.17, 15) is 4.79 Å². The number of amides is 1. The molecule has 2 aromatic carbocycles. The first-order valence-corrected chi connectivity index (χ1v) is 8.60. The van der Waals surface area contributed by atoms with Crippen molar-refractivity contribution < 1.29 is 9.53 Å². The van der Waals surface area contributed by atoms with E-state index in [0.717, 1.165) is 12.0 Å². The summed E-state index contributed by atoms with van der Waals surface area (Å²) in [6, 6.07) is 11.1. The summed E-state index contributed by atoms with van der Waals surface area (Å²) in [7, 11) is 0. The van der Waals surface area contributed by atoms with Gasteiger partial charge in [-0.1, -0.05) is 53.9 Å². The quantitative estimate of drug-likeness (QED) is 0.758. The van der Waals surface area contributed by atoms with E-state index in [2.05, 4.69) is 37.4 Å². The average Bonchev–Trinajstić information content (AvgIpc) is 2.52. The Balaban J connectivity index is 1.99. The molecule has 1 N–H and O–H groups in total. The van der Waals surface area contributed by atoms with E-state index in [1.165, 1.54) is 11.1 Å². The largest absolute Gasteiger partial charge is 0.482 e. The van der Waals surface area contributed by atoms with Gasteiger partial charge in [0.05, 0.1) is 11.1 Å². The van der Waals surface area contributed by atoms with Crippen LogP contribution in [-0.4, -0.2) is 12.5 Å². The van der Waals surface area contributed by atoms with Crippen molar-refractivity contribution in [2.45, 2.75) is 33.2 Å². The Morgan fingerprint density at radius 1 is 1.17 bits per heavy atom. The fraction of sp³-hybridized carbons (Fsp3) is 0.316. The first-order valence-electron chi connectivity index (χ1n) is 7.85. The molecular formula is C19H21Cl2NO2. The average molecular weight is 366 g/mol. The summed E-state index contributed by atoms with van der Waals surface area (Å²) in [6.45, 7) is 6.06. The number of hydrogen-bond donors (Lipinski definition) is 1. The van der Waals surface area contributed by atoms with Crippen molar-refractivity contribution in [3.8, 4) is 5.75 Å². The zero-order valence-electron chi connectivity index (χ0n) is 14.0. The summed E-state index contributed by atoms with van der Waals surface area (Å²) >= 11 is 11.9. The maximum absolute atomic E-state index is 12.2. The van der Waals surface area contributed by atoms with Crippen LogP contribution in [0.3, 0.4) is 0 Å². The van der Waals surface area contributed by atoms with Gasteiger partial charge in [-0.15, -0.1) is 0 Å². The van der Waals surface area contributed by atoms with Gasteiger partial charge < -0.3 is 10.1 Å². The number of rotatable bonds is 6. The second-order valence-corrected chi connectivity index (χ2v) is 6.60. The third-order valence-corrected chi connectivity index (χ3v) is 4.33. The molecule has 5 heteroatoms. The molecule has 128 valence electrons. The van der Waals surface area contributed by atoms with Gasteiger partial charge >= 0.3 is 0 Å². The number of benzene rings is 2. The molecule has 0 bridgehead atoms. The number of hydrogen-bond acceptors (Lipinski definition) is 2.